The Balaban J connectivity index is 1.94. The molecule has 0 aromatic heterocycles. The van der Waals surface area contributed by atoms with Gasteiger partial charge in [-0.2, -0.15) is 23.5 Å². The van der Waals surface area contributed by atoms with Gasteiger partial charge in [0, 0.05) is 37.2 Å². The van der Waals surface area contributed by atoms with Gasteiger partial charge in [-0.25, -0.2) is 0 Å². The lowest BCUT2D eigenvalue weighted by atomic mass is 9.79. The largest absolute Gasteiger partial charge is 0.507 e. The second kappa shape index (κ2) is 16.9. The summed E-state index contributed by atoms with van der Waals surface area (Å²) in [5.74, 6) is 4.12. The van der Waals surface area contributed by atoms with Gasteiger partial charge in [-0.05, 0) is 101 Å². The van der Waals surface area contributed by atoms with Gasteiger partial charge in [0.2, 0.25) is 0 Å². The summed E-state index contributed by atoms with van der Waals surface area (Å²) in [5, 5.41) is 24.5. The fourth-order valence-electron chi connectivity index (χ4n) is 7.47. The van der Waals surface area contributed by atoms with Gasteiger partial charge in [0.05, 0.1) is 13.2 Å². The molecule has 0 saturated carbocycles. The molecule has 5 rings (SSSR count). The minimum Gasteiger partial charge on any atom is -0.507 e. The average Bonchev–Trinajstić information content (AvgIpc) is 3.07. The first-order valence-corrected chi connectivity index (χ1v) is 23.1. The predicted octanol–water partition coefficient (Wildman–Crippen LogP) is 12.4. The van der Waals surface area contributed by atoms with Crippen molar-refractivity contribution in [2.24, 2.45) is 0 Å². The second-order valence-electron chi connectivity index (χ2n) is 19.9. The average molecular weight is 797 g/mol. The molecule has 1 aliphatic carbocycles. The van der Waals surface area contributed by atoms with Crippen LogP contribution in [0.15, 0.2) is 48.5 Å². The van der Waals surface area contributed by atoms with Crippen molar-refractivity contribution < 1.29 is 19.7 Å². The Morgan fingerprint density at radius 2 is 0.625 bits per heavy atom. The zero-order valence-electron chi connectivity index (χ0n) is 36.8. The number of phenolic OH excluding ortho intramolecular Hbond substituents is 2. The smallest absolute Gasteiger partial charge is 0.126 e. The summed E-state index contributed by atoms with van der Waals surface area (Å²) in [4.78, 5) is 0. The zero-order chi connectivity index (χ0) is 41.4. The molecular formula is C50H68O4S2. The van der Waals surface area contributed by atoms with Crippen LogP contribution in [0, 0.1) is 0 Å². The van der Waals surface area contributed by atoms with Crippen LogP contribution in [0.1, 0.15) is 150 Å². The molecule has 6 heteroatoms. The molecule has 4 aromatic rings. The number of hydrogen-bond donors (Lipinski definition) is 2. The second-order valence-corrected chi connectivity index (χ2v) is 21.9. The Morgan fingerprint density at radius 1 is 0.411 bits per heavy atom. The summed E-state index contributed by atoms with van der Waals surface area (Å²) >= 11 is 3.56. The summed E-state index contributed by atoms with van der Waals surface area (Å²) in [5.41, 5.74) is 12.0. The van der Waals surface area contributed by atoms with E-state index in [1.54, 1.807) is 23.5 Å². The Bertz CT molecular complexity index is 1890. The van der Waals surface area contributed by atoms with E-state index >= 15 is 0 Å². The fourth-order valence-corrected chi connectivity index (χ4v) is 7.97. The molecule has 4 aromatic carbocycles. The lowest BCUT2D eigenvalue weighted by molar-refractivity contribution is 0.333. The van der Waals surface area contributed by atoms with Crippen molar-refractivity contribution in [2.45, 2.75) is 130 Å². The van der Waals surface area contributed by atoms with E-state index in [1.165, 1.54) is 11.1 Å². The van der Waals surface area contributed by atoms with E-state index in [0.29, 0.717) is 38.9 Å². The van der Waals surface area contributed by atoms with Crippen molar-refractivity contribution in [1.82, 2.24) is 0 Å². The van der Waals surface area contributed by atoms with Gasteiger partial charge in [0.25, 0.3) is 0 Å². The lowest BCUT2D eigenvalue weighted by Crippen LogP contribution is -2.17. The van der Waals surface area contributed by atoms with E-state index in [4.69, 9.17) is 9.47 Å². The van der Waals surface area contributed by atoms with E-state index in [-0.39, 0.29) is 33.2 Å². The molecule has 0 saturated heterocycles. The summed E-state index contributed by atoms with van der Waals surface area (Å²) < 4.78 is 13.7. The van der Waals surface area contributed by atoms with Crippen molar-refractivity contribution in [3.8, 4) is 23.0 Å². The lowest BCUT2D eigenvalue weighted by Gasteiger charge is -2.28. The normalized spacial score (nSPS) is 13.8. The van der Waals surface area contributed by atoms with Crippen LogP contribution in [-0.2, 0) is 47.3 Å². The van der Waals surface area contributed by atoms with Crippen molar-refractivity contribution in [3.05, 3.63) is 115 Å². The van der Waals surface area contributed by atoms with Crippen LogP contribution < -0.4 is 9.47 Å². The van der Waals surface area contributed by atoms with Crippen molar-refractivity contribution >= 4 is 23.5 Å². The first kappa shape index (κ1) is 43.9. The maximum atomic E-state index is 12.3. The predicted molar refractivity (Wildman–Crippen MR) is 243 cm³/mol. The first-order valence-electron chi connectivity index (χ1n) is 20.3. The number of rotatable bonds is 8. The molecule has 0 spiro atoms. The van der Waals surface area contributed by atoms with E-state index in [2.05, 4.69) is 144 Å². The minimum atomic E-state index is -0.158. The third-order valence-electron chi connectivity index (χ3n) is 11.1. The number of aromatic hydroxyl groups is 2. The molecule has 8 bridgehead atoms. The number of hydrogen-bond acceptors (Lipinski definition) is 6. The van der Waals surface area contributed by atoms with Crippen molar-refractivity contribution in [3.63, 3.8) is 0 Å². The zero-order valence-corrected chi connectivity index (χ0v) is 38.4. The van der Waals surface area contributed by atoms with Crippen LogP contribution in [-0.4, -0.2) is 47.4 Å². The van der Waals surface area contributed by atoms with Gasteiger partial charge in [-0.15, -0.1) is 0 Å². The molecular weight excluding hydrogens is 729 g/mol. The molecule has 56 heavy (non-hydrogen) atoms. The molecule has 4 nitrogen and oxygen atoms in total. The number of benzene rings is 4. The van der Waals surface area contributed by atoms with Gasteiger partial charge in [0.1, 0.15) is 23.0 Å². The molecule has 1 aliphatic rings. The van der Waals surface area contributed by atoms with E-state index in [9.17, 15) is 10.2 Å². The Morgan fingerprint density at radius 3 is 0.857 bits per heavy atom. The molecule has 0 radical (unpaired) electrons. The van der Waals surface area contributed by atoms with Crippen LogP contribution in [0.3, 0.4) is 0 Å². The van der Waals surface area contributed by atoms with E-state index in [0.717, 1.165) is 78.6 Å². The van der Waals surface area contributed by atoms with Gasteiger partial charge < -0.3 is 19.7 Å². The summed E-state index contributed by atoms with van der Waals surface area (Å²) in [6.07, 6.45) is 6.28. The number of fused-ring (bicyclic) bond motifs is 8. The maximum absolute atomic E-state index is 12.3. The quantitative estimate of drug-likeness (QED) is 0.153. The molecule has 0 fully saturated rings. The molecule has 0 amide bonds. The molecule has 304 valence electrons. The Kier molecular flexibility index (Phi) is 13.3. The third kappa shape index (κ3) is 10.3. The van der Waals surface area contributed by atoms with Crippen molar-refractivity contribution in [1.29, 1.82) is 0 Å². The van der Waals surface area contributed by atoms with Gasteiger partial charge >= 0.3 is 0 Å². The number of thioether (sulfide) groups is 2. The van der Waals surface area contributed by atoms with E-state index < -0.39 is 0 Å². The summed E-state index contributed by atoms with van der Waals surface area (Å²) in [6, 6.07) is 18.0. The topological polar surface area (TPSA) is 58.9 Å². The van der Waals surface area contributed by atoms with Crippen molar-refractivity contribution in [2.75, 3.05) is 37.2 Å². The maximum Gasteiger partial charge on any atom is 0.126 e. The highest BCUT2D eigenvalue weighted by Gasteiger charge is 2.28. The Hall–Kier alpha value is -3.22. The van der Waals surface area contributed by atoms with Crippen LogP contribution in [0.25, 0.3) is 0 Å². The summed E-state index contributed by atoms with van der Waals surface area (Å²) in [7, 11) is 0. The molecule has 0 aliphatic heterocycles. The highest BCUT2D eigenvalue weighted by molar-refractivity contribution is 7.98. The van der Waals surface area contributed by atoms with Crippen LogP contribution >= 0.6 is 23.5 Å². The van der Waals surface area contributed by atoms with Gasteiger partial charge in [0.15, 0.2) is 0 Å². The summed E-state index contributed by atoms with van der Waals surface area (Å²) in [6.45, 7) is 28.1. The van der Waals surface area contributed by atoms with Crippen LogP contribution in [0.5, 0.6) is 23.0 Å². The van der Waals surface area contributed by atoms with Gasteiger partial charge in [-0.3, -0.25) is 0 Å². The Labute approximate surface area is 347 Å². The number of phenols is 2. The molecule has 2 N–H and O–H groups in total. The SMILES string of the molecule is CSCCOc1c2cc(C(C)(C)C)cc1Cc1cc(C(C)(C)C)cc(c1OCCSC)Cc1cc(C(C)(C)C)cc(c1O)Cc1cc(C(C)(C)C)cc(c1O)C2. The standard InChI is InChI=1S/C50H68O4S2/c1-47(2,3)39-23-31-19-32-24-40(48(4,5)6)26-34(44(32)52)21-36-28-42(50(10,11)12)30-38(46(36)54-16-18-56-14)22-37-29-41(49(7,8)9)27-35(20-33(25-39)43(31)51)45(37)53-15-17-55-13/h23-30,51-52H,15-22H2,1-14H3. The monoisotopic (exact) mass is 796 g/mol. The highest BCUT2D eigenvalue weighted by Crippen LogP contribution is 2.43. The van der Waals surface area contributed by atoms with Crippen LogP contribution in [0.4, 0.5) is 0 Å². The van der Waals surface area contributed by atoms with Crippen LogP contribution in [0.2, 0.25) is 0 Å². The molecule has 0 unspecified atom stereocenters. The van der Waals surface area contributed by atoms with E-state index in [1.807, 2.05) is 0 Å². The minimum absolute atomic E-state index is 0.121. The number of ether oxygens (including phenoxy) is 2. The third-order valence-corrected chi connectivity index (χ3v) is 12.2. The van der Waals surface area contributed by atoms with Gasteiger partial charge in [-0.1, -0.05) is 132 Å². The fraction of sp³-hybridized carbons (Fsp3) is 0.520. The first-order chi connectivity index (χ1) is 26.0. The molecule has 0 heterocycles. The highest BCUT2D eigenvalue weighted by atomic mass is 32.2. The molecule has 0 atom stereocenters.